The third-order valence-electron chi connectivity index (χ3n) is 6.80. The molecule has 0 radical (unpaired) electrons. The van der Waals surface area contributed by atoms with Crippen LogP contribution < -0.4 is 4.72 Å². The van der Waals surface area contributed by atoms with Gasteiger partial charge in [0, 0.05) is 43.7 Å². The Morgan fingerprint density at radius 3 is 2.65 bits per heavy atom. The molecule has 4 aliphatic rings. The Morgan fingerprint density at radius 1 is 1.23 bits per heavy atom. The monoisotopic (exact) mass is 380 g/mol. The summed E-state index contributed by atoms with van der Waals surface area (Å²) in [7, 11) is -1.01. The van der Waals surface area contributed by atoms with E-state index in [-0.39, 0.29) is 0 Å². The van der Waals surface area contributed by atoms with E-state index in [1.807, 2.05) is 0 Å². The van der Waals surface area contributed by atoms with Crippen LogP contribution >= 0.6 is 0 Å². The highest BCUT2D eigenvalue weighted by Crippen LogP contribution is 2.42. The van der Waals surface area contributed by atoms with Gasteiger partial charge in [0.25, 0.3) is 0 Å². The molecule has 4 heterocycles. The zero-order valence-electron chi connectivity index (χ0n) is 16.0. The molecule has 1 aliphatic carbocycles. The van der Waals surface area contributed by atoms with Crippen LogP contribution in [-0.4, -0.2) is 55.0 Å². The first-order valence-electron chi connectivity index (χ1n) is 10.1. The lowest BCUT2D eigenvalue weighted by molar-refractivity contribution is 0.0306. The van der Waals surface area contributed by atoms with Crippen molar-refractivity contribution >= 4 is 10.0 Å². The zero-order valence-corrected chi connectivity index (χ0v) is 16.8. The second kappa shape index (κ2) is 7.24. The topological polar surface area (TPSA) is 67.2 Å². The number of nitrogens with one attached hydrogen (secondary N) is 1. The van der Waals surface area contributed by atoms with Crippen molar-refractivity contribution in [3.63, 3.8) is 0 Å². The highest BCUT2D eigenvalue weighted by atomic mass is 32.2. The summed E-state index contributed by atoms with van der Waals surface area (Å²) in [6.45, 7) is 2.66. The first kappa shape index (κ1) is 18.4. The first-order chi connectivity index (χ1) is 12.4. The molecule has 0 spiro atoms. The quantitative estimate of drug-likeness (QED) is 0.850. The lowest BCUT2D eigenvalue weighted by atomic mass is 9.74. The molecule has 0 aromatic carbocycles. The van der Waals surface area contributed by atoms with Crippen molar-refractivity contribution in [1.29, 1.82) is 0 Å². The summed E-state index contributed by atoms with van der Waals surface area (Å²) in [5.74, 6) is 1.82. The summed E-state index contributed by atoms with van der Waals surface area (Å²) in [6.07, 6.45) is 10.2. The maximum Gasteiger partial charge on any atom is 0.208 e. The van der Waals surface area contributed by atoms with Crippen LogP contribution in [0.1, 0.15) is 68.2 Å². The van der Waals surface area contributed by atoms with Crippen molar-refractivity contribution in [3.8, 4) is 0 Å². The minimum atomic E-state index is -3.11. The van der Waals surface area contributed by atoms with Gasteiger partial charge in [0.1, 0.15) is 0 Å². The summed E-state index contributed by atoms with van der Waals surface area (Å²) < 4.78 is 27.7. The maximum atomic E-state index is 11.4. The smallest absolute Gasteiger partial charge is 0.208 e. The van der Waals surface area contributed by atoms with Gasteiger partial charge in [-0.2, -0.15) is 5.10 Å². The molecule has 3 aliphatic heterocycles. The van der Waals surface area contributed by atoms with E-state index in [4.69, 9.17) is 5.10 Å². The predicted octanol–water partition coefficient (Wildman–Crippen LogP) is 2.19. The van der Waals surface area contributed by atoms with Crippen LogP contribution in [0.5, 0.6) is 0 Å². The number of nitrogens with zero attached hydrogens (tertiary/aromatic N) is 3. The van der Waals surface area contributed by atoms with E-state index in [1.165, 1.54) is 56.2 Å². The summed E-state index contributed by atoms with van der Waals surface area (Å²) in [4.78, 5) is 2.48. The van der Waals surface area contributed by atoms with Crippen LogP contribution in [0.25, 0.3) is 0 Å². The van der Waals surface area contributed by atoms with Crippen molar-refractivity contribution in [2.75, 3.05) is 25.9 Å². The Balaban J connectivity index is 1.46. The van der Waals surface area contributed by atoms with Crippen LogP contribution in [0.2, 0.25) is 0 Å². The molecule has 7 heteroatoms. The molecule has 1 N–H and O–H groups in total. The highest BCUT2D eigenvalue weighted by molar-refractivity contribution is 7.88. The van der Waals surface area contributed by atoms with Gasteiger partial charge in [-0.15, -0.1) is 0 Å². The van der Waals surface area contributed by atoms with Gasteiger partial charge in [-0.05, 0) is 44.2 Å². The van der Waals surface area contributed by atoms with Crippen molar-refractivity contribution in [3.05, 3.63) is 17.5 Å². The normalized spacial score (nSPS) is 32.8. The average Bonchev–Trinajstić information content (AvgIpc) is 3.02. The van der Waals surface area contributed by atoms with Gasteiger partial charge in [0.05, 0.1) is 11.9 Å². The van der Waals surface area contributed by atoms with Gasteiger partial charge in [0.15, 0.2) is 0 Å². The third-order valence-corrected chi connectivity index (χ3v) is 7.49. The van der Waals surface area contributed by atoms with Gasteiger partial charge >= 0.3 is 0 Å². The van der Waals surface area contributed by atoms with E-state index < -0.39 is 10.0 Å². The van der Waals surface area contributed by atoms with Crippen LogP contribution in [0, 0.1) is 5.92 Å². The molecular formula is C19H32N4O2S. The van der Waals surface area contributed by atoms with E-state index in [0.29, 0.717) is 30.3 Å². The van der Waals surface area contributed by atoms with Gasteiger partial charge in [-0.3, -0.25) is 9.58 Å². The van der Waals surface area contributed by atoms with Gasteiger partial charge in [-0.1, -0.05) is 19.3 Å². The van der Waals surface area contributed by atoms with Crippen LogP contribution in [0.3, 0.4) is 0 Å². The van der Waals surface area contributed by atoms with Gasteiger partial charge in [0.2, 0.25) is 10.0 Å². The van der Waals surface area contributed by atoms with Crippen LogP contribution in [0.15, 0.2) is 6.07 Å². The summed E-state index contributed by atoms with van der Waals surface area (Å²) in [6, 6.07) is 2.72. The molecule has 1 saturated carbocycles. The second-order valence-electron chi connectivity index (χ2n) is 8.61. The standard InChI is InChI=1S/C19H32N4O2S/c1-22-19(11-18(21-22)14-6-4-3-5-7-14)17-13-23-9-8-15(17)10-16(23)12-20-26(2,24)25/h11,14-17,20H,3-10,12-13H2,1-2H3. The van der Waals surface area contributed by atoms with Crippen molar-refractivity contribution < 1.29 is 8.42 Å². The number of hydrogen-bond acceptors (Lipinski definition) is 4. The number of aryl methyl sites for hydroxylation is 1. The molecule has 1 aromatic heterocycles. The molecule has 3 saturated heterocycles. The van der Waals surface area contributed by atoms with Crippen molar-refractivity contribution in [2.45, 2.75) is 62.8 Å². The van der Waals surface area contributed by atoms with Crippen LogP contribution in [0.4, 0.5) is 0 Å². The van der Waals surface area contributed by atoms with E-state index in [0.717, 1.165) is 19.5 Å². The number of piperidine rings is 3. The van der Waals surface area contributed by atoms with E-state index in [1.54, 1.807) is 0 Å². The van der Waals surface area contributed by atoms with Gasteiger partial charge < -0.3 is 0 Å². The summed E-state index contributed by atoms with van der Waals surface area (Å²) in [5, 5.41) is 4.89. The SMILES string of the molecule is Cn1nc(C2CCCCC2)cc1C1CN2CCC1CC2CNS(C)(=O)=O. The predicted molar refractivity (Wildman–Crippen MR) is 103 cm³/mol. The van der Waals surface area contributed by atoms with Crippen LogP contribution in [-0.2, 0) is 17.1 Å². The number of hydrogen-bond donors (Lipinski definition) is 1. The molecule has 6 nitrogen and oxygen atoms in total. The number of rotatable bonds is 5. The molecule has 0 amide bonds. The largest absolute Gasteiger partial charge is 0.298 e. The van der Waals surface area contributed by atoms with Gasteiger partial charge in [-0.25, -0.2) is 13.1 Å². The van der Waals surface area contributed by atoms with Crippen molar-refractivity contribution in [1.82, 2.24) is 19.4 Å². The molecule has 4 unspecified atom stereocenters. The molecule has 2 bridgehead atoms. The molecule has 4 fully saturated rings. The average molecular weight is 381 g/mol. The summed E-state index contributed by atoms with van der Waals surface area (Å²) >= 11 is 0. The molecule has 26 heavy (non-hydrogen) atoms. The second-order valence-corrected chi connectivity index (χ2v) is 10.4. The fraction of sp³-hybridized carbons (Fsp3) is 0.842. The van der Waals surface area contributed by atoms with E-state index in [2.05, 4.69) is 27.4 Å². The molecule has 1 aromatic rings. The Morgan fingerprint density at radius 2 is 2.00 bits per heavy atom. The number of fused-ring (bicyclic) bond motifs is 3. The lowest BCUT2D eigenvalue weighted by Crippen LogP contribution is -2.56. The fourth-order valence-electron chi connectivity index (χ4n) is 5.38. The minimum absolute atomic E-state index is 0.339. The molecule has 5 rings (SSSR count). The molecular weight excluding hydrogens is 348 g/mol. The fourth-order valence-corrected chi connectivity index (χ4v) is 5.88. The van der Waals surface area contributed by atoms with E-state index in [9.17, 15) is 8.42 Å². The Labute approximate surface area is 157 Å². The first-order valence-corrected chi connectivity index (χ1v) is 12.0. The number of sulfonamides is 1. The zero-order chi connectivity index (χ0) is 18.3. The molecule has 4 atom stereocenters. The Hall–Kier alpha value is -0.920. The third kappa shape index (κ3) is 3.85. The number of aromatic nitrogens is 2. The Bertz CT molecular complexity index is 739. The molecule has 146 valence electrons. The minimum Gasteiger partial charge on any atom is -0.298 e. The highest BCUT2D eigenvalue weighted by Gasteiger charge is 2.42. The Kier molecular flexibility index (Phi) is 5.14. The van der Waals surface area contributed by atoms with E-state index >= 15 is 0 Å². The maximum absolute atomic E-state index is 11.4. The lowest BCUT2D eigenvalue weighted by Gasteiger charge is -2.49. The van der Waals surface area contributed by atoms with Crippen molar-refractivity contribution in [2.24, 2.45) is 13.0 Å². The summed E-state index contributed by atoms with van der Waals surface area (Å²) in [5.41, 5.74) is 2.68.